The smallest absolute Gasteiger partial charge is 0.219 e. The lowest BCUT2D eigenvalue weighted by Crippen LogP contribution is -2.50. The molecule has 1 aliphatic rings. The molecule has 0 spiro atoms. The van der Waals surface area contributed by atoms with Gasteiger partial charge in [-0.2, -0.15) is 0 Å². The van der Waals surface area contributed by atoms with Gasteiger partial charge >= 0.3 is 0 Å². The number of halogens is 1. The van der Waals surface area contributed by atoms with Gasteiger partial charge in [0.05, 0.1) is 0 Å². The third-order valence-electron chi connectivity index (χ3n) is 5.07. The van der Waals surface area contributed by atoms with Crippen LogP contribution < -0.4 is 10.6 Å². The van der Waals surface area contributed by atoms with E-state index in [-0.39, 0.29) is 11.3 Å². The molecule has 7 heteroatoms. The lowest BCUT2D eigenvalue weighted by atomic mass is 9.86. The summed E-state index contributed by atoms with van der Waals surface area (Å²) in [5.41, 5.74) is 1.32. The summed E-state index contributed by atoms with van der Waals surface area (Å²) in [6.07, 6.45) is 0.942. The zero-order valence-corrected chi connectivity index (χ0v) is 18.4. The molecule has 1 aromatic carbocycles. The molecule has 0 aliphatic carbocycles. The first kappa shape index (κ1) is 22.5. The lowest BCUT2D eigenvalue weighted by Gasteiger charge is -2.34. The van der Waals surface area contributed by atoms with E-state index in [1.54, 1.807) is 14.0 Å². The average molecular weight is 408 g/mol. The van der Waals surface area contributed by atoms with Gasteiger partial charge in [-0.05, 0) is 29.5 Å². The van der Waals surface area contributed by atoms with E-state index in [0.29, 0.717) is 0 Å². The Bertz CT molecular complexity index is 669. The van der Waals surface area contributed by atoms with Gasteiger partial charge in [0.2, 0.25) is 5.91 Å². The van der Waals surface area contributed by atoms with Crippen molar-refractivity contribution in [3.05, 3.63) is 34.9 Å². The summed E-state index contributed by atoms with van der Waals surface area (Å²) < 4.78 is 0. The second kappa shape index (κ2) is 10.7. The highest BCUT2D eigenvalue weighted by Gasteiger charge is 2.20. The first-order valence-electron chi connectivity index (χ1n) is 9.96. The molecule has 2 rings (SSSR count). The van der Waals surface area contributed by atoms with E-state index in [4.69, 9.17) is 11.6 Å². The average Bonchev–Trinajstić information content (AvgIpc) is 2.64. The topological polar surface area (TPSA) is 60.0 Å². The zero-order chi connectivity index (χ0) is 20.6. The number of carbonyl (C=O) groups excluding carboxylic acids is 1. The first-order chi connectivity index (χ1) is 13.3. The second-order valence-corrected chi connectivity index (χ2v) is 8.61. The molecule has 1 heterocycles. The normalized spacial score (nSPS) is 16.2. The molecule has 0 unspecified atom stereocenters. The molecule has 0 radical (unpaired) electrons. The summed E-state index contributed by atoms with van der Waals surface area (Å²) in [7, 11) is 1.80. The van der Waals surface area contributed by atoms with Gasteiger partial charge in [-0.25, -0.2) is 0 Å². The number of benzene rings is 1. The minimum absolute atomic E-state index is 0.0747. The number of aliphatic imine (C=N–C) groups is 1. The number of hydrogen-bond acceptors (Lipinski definition) is 3. The Morgan fingerprint density at radius 1 is 1.21 bits per heavy atom. The molecule has 0 bridgehead atoms. The largest absolute Gasteiger partial charge is 0.356 e. The maximum atomic E-state index is 11.4. The van der Waals surface area contributed by atoms with Crippen LogP contribution in [-0.2, 0) is 11.2 Å². The molecule has 156 valence electrons. The fourth-order valence-corrected chi connectivity index (χ4v) is 3.64. The minimum atomic E-state index is 0.0747. The van der Waals surface area contributed by atoms with Crippen molar-refractivity contribution < 1.29 is 4.79 Å². The van der Waals surface area contributed by atoms with Crippen LogP contribution in [0.2, 0.25) is 5.02 Å². The molecule has 0 saturated carbocycles. The molecule has 1 aromatic rings. The van der Waals surface area contributed by atoms with E-state index in [1.807, 2.05) is 23.1 Å². The summed E-state index contributed by atoms with van der Waals surface area (Å²) >= 11 is 6.10. The van der Waals surface area contributed by atoms with Crippen molar-refractivity contribution in [2.45, 2.75) is 27.2 Å². The number of hydrogen-bond donors (Lipinski definition) is 2. The van der Waals surface area contributed by atoms with Gasteiger partial charge < -0.3 is 15.5 Å². The van der Waals surface area contributed by atoms with E-state index in [0.717, 1.165) is 63.2 Å². The van der Waals surface area contributed by atoms with Crippen molar-refractivity contribution in [2.24, 2.45) is 10.4 Å². The fourth-order valence-electron chi connectivity index (χ4n) is 3.42. The third kappa shape index (κ3) is 7.68. The zero-order valence-electron chi connectivity index (χ0n) is 17.6. The molecule has 2 N–H and O–H groups in total. The SMILES string of the molecule is CN=C(NCCN1CCN(C(C)=O)CC1)NCC(C)(C)Cc1cccc(Cl)c1. The number of amides is 1. The number of guanidine groups is 1. The Kier molecular flexibility index (Phi) is 8.58. The minimum Gasteiger partial charge on any atom is -0.356 e. The van der Waals surface area contributed by atoms with Crippen LogP contribution in [0.15, 0.2) is 29.3 Å². The van der Waals surface area contributed by atoms with Crippen molar-refractivity contribution in [3.63, 3.8) is 0 Å². The number of nitrogens with zero attached hydrogens (tertiary/aromatic N) is 3. The lowest BCUT2D eigenvalue weighted by molar-refractivity contribution is -0.130. The number of rotatable bonds is 7. The van der Waals surface area contributed by atoms with E-state index >= 15 is 0 Å². The van der Waals surface area contributed by atoms with Crippen LogP contribution in [0.1, 0.15) is 26.3 Å². The highest BCUT2D eigenvalue weighted by Crippen LogP contribution is 2.22. The Labute approximate surface area is 174 Å². The third-order valence-corrected chi connectivity index (χ3v) is 5.30. The van der Waals surface area contributed by atoms with E-state index < -0.39 is 0 Å². The number of piperazine rings is 1. The van der Waals surface area contributed by atoms with Gasteiger partial charge in [-0.3, -0.25) is 14.7 Å². The summed E-state index contributed by atoms with van der Waals surface area (Å²) in [5, 5.41) is 7.61. The van der Waals surface area contributed by atoms with Gasteiger partial charge in [0.1, 0.15) is 0 Å². The molecule has 1 fully saturated rings. The Hall–Kier alpha value is -1.79. The van der Waals surface area contributed by atoms with Crippen molar-refractivity contribution in [1.82, 2.24) is 20.4 Å². The number of nitrogens with one attached hydrogen (secondary N) is 2. The monoisotopic (exact) mass is 407 g/mol. The summed E-state index contributed by atoms with van der Waals surface area (Å²) in [6.45, 7) is 12.2. The van der Waals surface area contributed by atoms with Crippen molar-refractivity contribution >= 4 is 23.5 Å². The fraction of sp³-hybridized carbons (Fsp3) is 0.619. The highest BCUT2D eigenvalue weighted by atomic mass is 35.5. The van der Waals surface area contributed by atoms with E-state index in [1.165, 1.54) is 5.56 Å². The van der Waals surface area contributed by atoms with Gasteiger partial charge in [0.15, 0.2) is 5.96 Å². The van der Waals surface area contributed by atoms with Gasteiger partial charge in [0.25, 0.3) is 0 Å². The van der Waals surface area contributed by atoms with Gasteiger partial charge in [-0.15, -0.1) is 0 Å². The molecular weight excluding hydrogens is 374 g/mol. The van der Waals surface area contributed by atoms with Crippen molar-refractivity contribution in [1.29, 1.82) is 0 Å². The summed E-state index contributed by atoms with van der Waals surface area (Å²) in [5.74, 6) is 0.990. The Morgan fingerprint density at radius 2 is 1.93 bits per heavy atom. The molecule has 0 atom stereocenters. The molecule has 1 aliphatic heterocycles. The summed E-state index contributed by atoms with van der Waals surface area (Å²) in [6, 6.07) is 8.05. The van der Waals surface area contributed by atoms with Crippen LogP contribution in [0, 0.1) is 5.41 Å². The van der Waals surface area contributed by atoms with Crippen LogP contribution >= 0.6 is 11.6 Å². The quantitative estimate of drug-likeness (QED) is 0.537. The predicted octanol–water partition coefficient (Wildman–Crippen LogP) is 2.24. The second-order valence-electron chi connectivity index (χ2n) is 8.17. The molecule has 0 aromatic heterocycles. The molecular formula is C21H34ClN5O. The van der Waals surface area contributed by atoms with Crippen LogP contribution in [0.4, 0.5) is 0 Å². The molecule has 1 amide bonds. The van der Waals surface area contributed by atoms with E-state index in [9.17, 15) is 4.79 Å². The van der Waals surface area contributed by atoms with Gasteiger partial charge in [0, 0.05) is 64.8 Å². The predicted molar refractivity (Wildman–Crippen MR) is 117 cm³/mol. The maximum Gasteiger partial charge on any atom is 0.219 e. The van der Waals surface area contributed by atoms with Crippen LogP contribution in [0.3, 0.4) is 0 Å². The number of carbonyl (C=O) groups is 1. The summed E-state index contributed by atoms with van der Waals surface area (Å²) in [4.78, 5) is 20.0. The Morgan fingerprint density at radius 3 is 2.54 bits per heavy atom. The molecule has 1 saturated heterocycles. The highest BCUT2D eigenvalue weighted by molar-refractivity contribution is 6.30. The Balaban J connectivity index is 1.70. The van der Waals surface area contributed by atoms with Gasteiger partial charge in [-0.1, -0.05) is 37.6 Å². The van der Waals surface area contributed by atoms with Crippen LogP contribution in [-0.4, -0.2) is 74.5 Å². The maximum absolute atomic E-state index is 11.4. The first-order valence-corrected chi connectivity index (χ1v) is 10.3. The van der Waals surface area contributed by atoms with E-state index in [2.05, 4.69) is 40.4 Å². The standard InChI is InChI=1S/C21H34ClN5O/c1-17(28)27-12-10-26(11-13-27)9-8-24-20(23-4)25-16-21(2,3)15-18-6-5-7-19(22)14-18/h5-7,14H,8-13,15-16H2,1-4H3,(H2,23,24,25). The van der Waals surface area contributed by atoms with Crippen LogP contribution in [0.5, 0.6) is 0 Å². The van der Waals surface area contributed by atoms with Crippen LogP contribution in [0.25, 0.3) is 0 Å². The molecule has 28 heavy (non-hydrogen) atoms. The molecule has 6 nitrogen and oxygen atoms in total. The van der Waals surface area contributed by atoms with Crippen molar-refractivity contribution in [3.8, 4) is 0 Å². The van der Waals surface area contributed by atoms with Crippen molar-refractivity contribution in [2.75, 3.05) is 52.9 Å².